The van der Waals surface area contributed by atoms with Gasteiger partial charge in [0, 0.05) is 23.5 Å². The molecule has 204 valence electrons. The summed E-state index contributed by atoms with van der Waals surface area (Å²) in [4.78, 5) is 17.2. The Morgan fingerprint density at radius 1 is 1.08 bits per heavy atom. The van der Waals surface area contributed by atoms with E-state index >= 15 is 0 Å². The Morgan fingerprint density at radius 3 is 2.30 bits per heavy atom. The molecule has 0 aliphatic carbocycles. The number of carbonyl (C=O) groups is 1. The van der Waals surface area contributed by atoms with Crippen LogP contribution in [0.3, 0.4) is 0 Å². The van der Waals surface area contributed by atoms with Crippen LogP contribution in [-0.4, -0.2) is 84.6 Å². The number of ether oxygens (including phenoxy) is 1. The van der Waals surface area contributed by atoms with Crippen LogP contribution in [0.25, 0.3) is 0 Å². The maximum atomic E-state index is 14.4. The molecule has 0 atom stereocenters. The number of hydrogen-bond acceptors (Lipinski definition) is 9. The van der Waals surface area contributed by atoms with Gasteiger partial charge in [0.15, 0.2) is 17.3 Å². The topological polar surface area (TPSA) is 171 Å². The normalized spacial score (nSPS) is 11.8. The number of aryl methyl sites for hydroxylation is 1. The lowest BCUT2D eigenvalue weighted by Crippen LogP contribution is -2.29. The minimum atomic E-state index is -4.14. The van der Waals surface area contributed by atoms with Gasteiger partial charge >= 0.3 is 5.97 Å². The lowest BCUT2D eigenvalue weighted by atomic mass is 10.2. The molecule has 0 fully saturated rings. The summed E-state index contributed by atoms with van der Waals surface area (Å²) in [5, 5.41) is 9.07. The maximum Gasteiger partial charge on any atom is 0.355 e. The molecule has 3 N–H and O–H groups in total. The molecule has 0 aliphatic rings. The molecule has 0 amide bonds. The summed E-state index contributed by atoms with van der Waals surface area (Å²) in [5.74, 6) is 2.95. The minimum absolute atomic E-state index is 0.00883. The van der Waals surface area contributed by atoms with Crippen molar-refractivity contribution in [2.75, 3.05) is 37.7 Å². The third kappa shape index (κ3) is 12.5. The van der Waals surface area contributed by atoms with E-state index in [0.717, 1.165) is 0 Å². The average molecular weight is 579 g/mol. The van der Waals surface area contributed by atoms with Crippen LogP contribution in [0.2, 0.25) is 0 Å². The van der Waals surface area contributed by atoms with Gasteiger partial charge in [0.25, 0.3) is 20.2 Å². The molecule has 0 aliphatic heterocycles. The fourth-order valence-corrected chi connectivity index (χ4v) is 4.98. The predicted molar refractivity (Wildman–Crippen MR) is 135 cm³/mol. The summed E-state index contributed by atoms with van der Waals surface area (Å²) in [6, 6.07) is 4.16. The van der Waals surface area contributed by atoms with E-state index in [0.29, 0.717) is 23.3 Å². The zero-order chi connectivity index (χ0) is 27.5. The van der Waals surface area contributed by atoms with Crippen molar-refractivity contribution in [2.45, 2.75) is 25.7 Å². The molecular weight excluding hydrogens is 551 g/mol. The van der Waals surface area contributed by atoms with Gasteiger partial charge in [0.1, 0.15) is 0 Å². The van der Waals surface area contributed by atoms with Gasteiger partial charge in [-0.1, -0.05) is 11.8 Å². The lowest BCUT2D eigenvalue weighted by Gasteiger charge is -2.18. The van der Waals surface area contributed by atoms with Crippen molar-refractivity contribution in [1.29, 1.82) is 0 Å². The van der Waals surface area contributed by atoms with Crippen molar-refractivity contribution >= 4 is 37.5 Å². The Balaban J connectivity index is 1.89. The molecule has 2 rings (SSSR count). The zero-order valence-electron chi connectivity index (χ0n) is 19.7. The van der Waals surface area contributed by atoms with E-state index in [2.05, 4.69) is 16.8 Å². The second-order valence-electron chi connectivity index (χ2n) is 7.88. The van der Waals surface area contributed by atoms with Gasteiger partial charge < -0.3 is 9.84 Å². The van der Waals surface area contributed by atoms with Crippen LogP contribution in [-0.2, 0) is 26.7 Å². The van der Waals surface area contributed by atoms with Gasteiger partial charge in [-0.05, 0) is 43.9 Å². The summed E-state index contributed by atoms with van der Waals surface area (Å²) in [6.07, 6.45) is 1.08. The van der Waals surface area contributed by atoms with E-state index in [-0.39, 0.29) is 50.5 Å². The number of nitrogens with zero attached hydrogens (tertiary/aromatic N) is 2. The Morgan fingerprint density at radius 2 is 1.73 bits per heavy atom. The first-order valence-corrected chi connectivity index (χ1v) is 15.1. The maximum absolute atomic E-state index is 14.4. The SMILES string of the molecule is O=C(O)c1ncsc1CCCOc1ccc(C#CCN(CCCS(=O)(=O)O)CCCS(=O)(=O)O)cc1F. The smallest absolute Gasteiger partial charge is 0.355 e. The predicted octanol–water partition coefficient (Wildman–Crippen LogP) is 2.20. The monoisotopic (exact) mass is 578 g/mol. The summed E-state index contributed by atoms with van der Waals surface area (Å²) < 4.78 is 81.3. The first-order chi connectivity index (χ1) is 17.3. The molecule has 0 bridgehead atoms. The summed E-state index contributed by atoms with van der Waals surface area (Å²) in [5.41, 5.74) is 1.82. The number of thiazole rings is 1. The van der Waals surface area contributed by atoms with E-state index in [1.54, 1.807) is 11.0 Å². The summed E-state index contributed by atoms with van der Waals surface area (Å²) in [6.45, 7) is 0.695. The van der Waals surface area contributed by atoms with E-state index in [4.69, 9.17) is 18.9 Å². The highest BCUT2D eigenvalue weighted by Crippen LogP contribution is 2.20. The summed E-state index contributed by atoms with van der Waals surface area (Å²) in [7, 11) is -8.28. The van der Waals surface area contributed by atoms with E-state index in [1.807, 2.05) is 0 Å². The molecule has 0 radical (unpaired) electrons. The Hall–Kier alpha value is -2.61. The average Bonchev–Trinajstić information content (AvgIpc) is 3.25. The molecule has 0 saturated heterocycles. The first-order valence-electron chi connectivity index (χ1n) is 11.0. The molecule has 1 heterocycles. The highest BCUT2D eigenvalue weighted by molar-refractivity contribution is 7.86. The summed E-state index contributed by atoms with van der Waals surface area (Å²) >= 11 is 1.23. The van der Waals surface area contributed by atoms with E-state index < -0.39 is 43.5 Å². The van der Waals surface area contributed by atoms with Crippen LogP contribution < -0.4 is 4.74 Å². The lowest BCUT2D eigenvalue weighted by molar-refractivity contribution is 0.0690. The largest absolute Gasteiger partial charge is 0.491 e. The van der Waals surface area contributed by atoms with Crippen LogP contribution in [0.4, 0.5) is 4.39 Å². The molecule has 0 saturated carbocycles. The van der Waals surface area contributed by atoms with Gasteiger partial charge in [-0.25, -0.2) is 14.2 Å². The van der Waals surface area contributed by atoms with Crippen LogP contribution >= 0.6 is 11.3 Å². The highest BCUT2D eigenvalue weighted by atomic mass is 32.2. The number of benzene rings is 1. The fourth-order valence-electron chi connectivity index (χ4n) is 3.20. The quantitative estimate of drug-likeness (QED) is 0.161. The number of carboxylic acid groups (broad SMARTS) is 1. The van der Waals surface area contributed by atoms with Crippen molar-refractivity contribution < 1.29 is 45.0 Å². The van der Waals surface area contributed by atoms with Crippen LogP contribution in [0, 0.1) is 17.7 Å². The van der Waals surface area contributed by atoms with Gasteiger partial charge in [-0.15, -0.1) is 11.3 Å². The Kier molecular flexibility index (Phi) is 11.9. The molecule has 1 aromatic heterocycles. The Labute approximate surface area is 218 Å². The Bertz CT molecular complexity index is 1290. The third-order valence-corrected chi connectivity index (χ3v) is 7.37. The number of carboxylic acids is 1. The van der Waals surface area contributed by atoms with E-state index in [9.17, 15) is 26.0 Å². The van der Waals surface area contributed by atoms with Gasteiger partial charge in [0.05, 0.1) is 30.2 Å². The van der Waals surface area contributed by atoms with Crippen molar-refractivity contribution in [1.82, 2.24) is 9.88 Å². The number of halogens is 1. The number of aromatic carboxylic acids is 1. The second-order valence-corrected chi connectivity index (χ2v) is 12.0. The molecular formula is C22H27FN2O9S3. The fraction of sp³-hybridized carbons (Fsp3) is 0.455. The van der Waals surface area contributed by atoms with Crippen LogP contribution in [0.15, 0.2) is 23.7 Å². The zero-order valence-corrected chi connectivity index (χ0v) is 22.1. The number of rotatable bonds is 15. The molecule has 2 aromatic rings. The van der Waals surface area contributed by atoms with Gasteiger partial charge in [-0.2, -0.15) is 16.8 Å². The molecule has 0 spiro atoms. The second kappa shape index (κ2) is 14.4. The number of aromatic nitrogens is 1. The van der Waals surface area contributed by atoms with Crippen LogP contribution in [0.1, 0.15) is 40.2 Å². The molecule has 37 heavy (non-hydrogen) atoms. The molecule has 15 heteroatoms. The number of hydrogen-bond donors (Lipinski definition) is 3. The van der Waals surface area contributed by atoms with Crippen LogP contribution in [0.5, 0.6) is 5.75 Å². The van der Waals surface area contributed by atoms with Crippen molar-refractivity contribution in [3.63, 3.8) is 0 Å². The van der Waals surface area contributed by atoms with Crippen molar-refractivity contribution in [3.8, 4) is 17.6 Å². The standard InChI is InChI=1S/C22H27FN2O9S3/c23-18-15-17(7-8-19(18)34-12-2-6-20-21(22(26)27)24-16-35-20)5-1-9-25(10-3-13-36(28,29)30)11-4-14-37(31,32)33/h7-8,15-16H,2-4,6,9-14H2,(H,26,27)(H,28,29,30)(H,31,32,33). The van der Waals surface area contributed by atoms with Gasteiger partial charge in [-0.3, -0.25) is 14.0 Å². The van der Waals surface area contributed by atoms with Crippen molar-refractivity contribution in [3.05, 3.63) is 45.7 Å². The molecule has 1 aromatic carbocycles. The van der Waals surface area contributed by atoms with E-state index in [1.165, 1.54) is 29.0 Å². The van der Waals surface area contributed by atoms with Crippen molar-refractivity contribution in [2.24, 2.45) is 0 Å². The third-order valence-electron chi connectivity index (χ3n) is 4.87. The first kappa shape index (κ1) is 30.6. The molecule has 11 nitrogen and oxygen atoms in total. The highest BCUT2D eigenvalue weighted by Gasteiger charge is 2.13. The molecule has 0 unspecified atom stereocenters. The van der Waals surface area contributed by atoms with Gasteiger partial charge in [0.2, 0.25) is 0 Å². The minimum Gasteiger partial charge on any atom is -0.491 e.